The van der Waals surface area contributed by atoms with Gasteiger partial charge in [-0.25, -0.2) is 8.78 Å². The number of hydrogen-bond donors (Lipinski definition) is 3. The molecule has 1 saturated heterocycles. The number of aryl methyl sites for hydroxylation is 1. The predicted molar refractivity (Wildman–Crippen MR) is 161 cm³/mol. The Morgan fingerprint density at radius 2 is 1.84 bits per heavy atom. The number of rotatable bonds is 12. The highest BCUT2D eigenvalue weighted by molar-refractivity contribution is 6.00. The molecule has 43 heavy (non-hydrogen) atoms. The minimum Gasteiger partial charge on any atom is -0.390 e. The first kappa shape index (κ1) is 31.8. The van der Waals surface area contributed by atoms with Crippen molar-refractivity contribution in [3.05, 3.63) is 106 Å². The molecule has 0 unspecified atom stereocenters. The van der Waals surface area contributed by atoms with Crippen molar-refractivity contribution in [1.82, 2.24) is 15.5 Å². The second-order valence-corrected chi connectivity index (χ2v) is 10.9. The maximum Gasteiger partial charge on any atom is 0.254 e. The van der Waals surface area contributed by atoms with Crippen molar-refractivity contribution in [3.8, 4) is 12.3 Å². The van der Waals surface area contributed by atoms with E-state index in [2.05, 4.69) is 16.6 Å². The van der Waals surface area contributed by atoms with Crippen LogP contribution >= 0.6 is 0 Å². The van der Waals surface area contributed by atoms with Crippen molar-refractivity contribution in [1.29, 1.82) is 0 Å². The highest BCUT2D eigenvalue weighted by Gasteiger charge is 2.30. The first-order chi connectivity index (χ1) is 20.7. The SMILES string of the molecule is C#Cc1cccc(CNC[C@H](O)[C@H](Cc2cc(F)cc(F)c2)NC(=O)c2cc(C)cc(C(=O)N3CCC[C@@H]3COC)c2)c1. The van der Waals surface area contributed by atoms with Crippen molar-refractivity contribution in [2.45, 2.75) is 50.9 Å². The number of amides is 2. The molecule has 0 spiro atoms. The Kier molecular flexibility index (Phi) is 11.0. The van der Waals surface area contributed by atoms with Crippen LogP contribution in [0.25, 0.3) is 0 Å². The summed E-state index contributed by atoms with van der Waals surface area (Å²) in [6.45, 7) is 3.34. The van der Waals surface area contributed by atoms with Gasteiger partial charge in [0.05, 0.1) is 24.8 Å². The number of benzene rings is 3. The van der Waals surface area contributed by atoms with Crippen LogP contribution in [0.5, 0.6) is 0 Å². The molecular weight excluding hydrogens is 552 g/mol. The number of likely N-dealkylation sites (tertiary alicyclic amines) is 1. The summed E-state index contributed by atoms with van der Waals surface area (Å²) < 4.78 is 33.2. The van der Waals surface area contributed by atoms with Gasteiger partial charge in [0.2, 0.25) is 0 Å². The van der Waals surface area contributed by atoms with Crippen LogP contribution in [0.3, 0.4) is 0 Å². The number of aliphatic hydroxyl groups excluding tert-OH is 1. The Bertz CT molecular complexity index is 1470. The van der Waals surface area contributed by atoms with E-state index in [1.807, 2.05) is 24.3 Å². The smallest absolute Gasteiger partial charge is 0.254 e. The fraction of sp³-hybridized carbons (Fsp3) is 0.353. The molecule has 3 aromatic carbocycles. The molecule has 226 valence electrons. The topological polar surface area (TPSA) is 90.9 Å². The lowest BCUT2D eigenvalue weighted by Gasteiger charge is -2.26. The molecule has 0 radical (unpaired) electrons. The van der Waals surface area contributed by atoms with E-state index in [4.69, 9.17) is 11.2 Å². The molecule has 4 rings (SSSR count). The molecule has 0 saturated carbocycles. The van der Waals surface area contributed by atoms with Crippen LogP contribution in [-0.4, -0.2) is 66.8 Å². The number of aliphatic hydroxyl groups is 1. The van der Waals surface area contributed by atoms with Gasteiger partial charge >= 0.3 is 0 Å². The Morgan fingerprint density at radius 3 is 2.56 bits per heavy atom. The van der Waals surface area contributed by atoms with Crippen LogP contribution < -0.4 is 10.6 Å². The molecule has 3 N–H and O–H groups in total. The normalized spacial score (nSPS) is 16.0. The van der Waals surface area contributed by atoms with Crippen molar-refractivity contribution < 1.29 is 28.2 Å². The number of methoxy groups -OCH3 is 1. The lowest BCUT2D eigenvalue weighted by molar-refractivity contribution is 0.0630. The molecule has 7 nitrogen and oxygen atoms in total. The number of nitrogens with zero attached hydrogens (tertiary/aromatic N) is 1. The van der Waals surface area contributed by atoms with Gasteiger partial charge in [-0.15, -0.1) is 6.42 Å². The Hall–Kier alpha value is -4.10. The van der Waals surface area contributed by atoms with E-state index in [1.165, 1.54) is 18.2 Å². The molecular formula is C34H37F2N3O4. The zero-order valence-electron chi connectivity index (χ0n) is 24.4. The number of hydrogen-bond acceptors (Lipinski definition) is 5. The van der Waals surface area contributed by atoms with E-state index in [-0.39, 0.29) is 36.0 Å². The summed E-state index contributed by atoms with van der Waals surface area (Å²) in [5.41, 5.74) is 3.27. The predicted octanol–water partition coefficient (Wildman–Crippen LogP) is 4.00. The van der Waals surface area contributed by atoms with Crippen molar-refractivity contribution in [3.63, 3.8) is 0 Å². The number of carbonyl (C=O) groups excluding carboxylic acids is 2. The summed E-state index contributed by atoms with van der Waals surface area (Å²) in [4.78, 5) is 28.7. The van der Waals surface area contributed by atoms with Crippen molar-refractivity contribution in [2.24, 2.45) is 0 Å². The quantitative estimate of drug-likeness (QED) is 0.278. The number of terminal acetylenes is 1. The first-order valence-corrected chi connectivity index (χ1v) is 14.3. The molecule has 3 atom stereocenters. The summed E-state index contributed by atoms with van der Waals surface area (Å²) in [5, 5.41) is 17.1. The summed E-state index contributed by atoms with van der Waals surface area (Å²) in [6, 6.07) is 14.5. The standard InChI is InChI=1S/C34H37F2N3O4/c1-4-23-7-5-8-24(13-23)19-37-20-32(40)31(16-25-14-28(35)18-29(36)15-25)38-33(41)26-11-22(2)12-27(17-26)34(42)39-10-6-9-30(39)21-43-3/h1,5,7-8,11-15,17-18,30-32,37,40H,6,9-10,16,19-21H2,2-3H3,(H,38,41)/t30-,31+,32+/m1/s1. The molecule has 9 heteroatoms. The van der Waals surface area contributed by atoms with Gasteiger partial charge in [-0.2, -0.15) is 0 Å². The summed E-state index contributed by atoms with van der Waals surface area (Å²) >= 11 is 0. The van der Waals surface area contributed by atoms with Crippen LogP contribution in [-0.2, 0) is 17.7 Å². The highest BCUT2D eigenvalue weighted by atomic mass is 19.1. The Balaban J connectivity index is 1.51. The van der Waals surface area contributed by atoms with Gasteiger partial charge in [-0.3, -0.25) is 9.59 Å². The average molecular weight is 590 g/mol. The van der Waals surface area contributed by atoms with E-state index < -0.39 is 29.7 Å². The lowest BCUT2D eigenvalue weighted by atomic mass is 9.99. The van der Waals surface area contributed by atoms with Gasteiger partial charge in [0.25, 0.3) is 11.8 Å². The van der Waals surface area contributed by atoms with Gasteiger partial charge in [0.15, 0.2) is 0 Å². The number of halogens is 2. The minimum absolute atomic E-state index is 0.0250. The molecule has 1 heterocycles. The minimum atomic E-state index is -1.11. The van der Waals surface area contributed by atoms with E-state index in [0.717, 1.165) is 35.6 Å². The lowest BCUT2D eigenvalue weighted by Crippen LogP contribution is -2.48. The van der Waals surface area contributed by atoms with Crippen LogP contribution in [0.15, 0.2) is 60.7 Å². The third-order valence-corrected chi connectivity index (χ3v) is 7.52. The van der Waals surface area contributed by atoms with Crippen molar-refractivity contribution >= 4 is 11.8 Å². The van der Waals surface area contributed by atoms with Crippen LogP contribution in [0, 0.1) is 30.9 Å². The third-order valence-electron chi connectivity index (χ3n) is 7.52. The molecule has 2 amide bonds. The zero-order chi connectivity index (χ0) is 30.9. The van der Waals surface area contributed by atoms with Crippen molar-refractivity contribution in [2.75, 3.05) is 26.8 Å². The summed E-state index contributed by atoms with van der Waals surface area (Å²) in [5.74, 6) is 0.378. The molecule has 0 aromatic heterocycles. The first-order valence-electron chi connectivity index (χ1n) is 14.3. The Labute approximate surface area is 251 Å². The second-order valence-electron chi connectivity index (χ2n) is 10.9. The average Bonchev–Trinajstić information content (AvgIpc) is 3.44. The largest absolute Gasteiger partial charge is 0.390 e. The summed E-state index contributed by atoms with van der Waals surface area (Å²) in [6.07, 6.45) is 6.06. The van der Waals surface area contributed by atoms with Gasteiger partial charge in [0, 0.05) is 49.5 Å². The molecule has 0 bridgehead atoms. The number of ether oxygens (including phenoxy) is 1. The highest BCUT2D eigenvalue weighted by Crippen LogP contribution is 2.22. The maximum atomic E-state index is 14.0. The molecule has 1 fully saturated rings. The Morgan fingerprint density at radius 1 is 1.09 bits per heavy atom. The van der Waals surface area contributed by atoms with Crippen LogP contribution in [0.4, 0.5) is 8.78 Å². The fourth-order valence-corrected chi connectivity index (χ4v) is 5.47. The van der Waals surface area contributed by atoms with E-state index in [9.17, 15) is 23.5 Å². The van der Waals surface area contributed by atoms with Crippen LogP contribution in [0.2, 0.25) is 0 Å². The number of carbonyl (C=O) groups is 2. The fourth-order valence-electron chi connectivity index (χ4n) is 5.47. The molecule has 1 aliphatic rings. The zero-order valence-corrected chi connectivity index (χ0v) is 24.4. The van der Waals surface area contributed by atoms with Crippen LogP contribution in [0.1, 0.15) is 55.8 Å². The monoisotopic (exact) mass is 589 g/mol. The van der Waals surface area contributed by atoms with Gasteiger partial charge in [-0.05, 0) is 85.3 Å². The molecule has 1 aliphatic heterocycles. The number of nitrogens with one attached hydrogen (secondary N) is 2. The molecule has 3 aromatic rings. The van der Waals surface area contributed by atoms with E-state index in [0.29, 0.717) is 25.3 Å². The third kappa shape index (κ3) is 8.71. The maximum absolute atomic E-state index is 14.0. The van der Waals surface area contributed by atoms with Gasteiger partial charge in [0.1, 0.15) is 11.6 Å². The van der Waals surface area contributed by atoms with E-state index >= 15 is 0 Å². The van der Waals surface area contributed by atoms with E-state index in [1.54, 1.807) is 31.1 Å². The van der Waals surface area contributed by atoms with Gasteiger partial charge in [-0.1, -0.05) is 18.1 Å². The molecule has 0 aliphatic carbocycles. The second kappa shape index (κ2) is 14.9. The van der Waals surface area contributed by atoms with Gasteiger partial charge < -0.3 is 25.4 Å². The summed E-state index contributed by atoms with van der Waals surface area (Å²) in [7, 11) is 1.60.